The number of phenolic OH excluding ortho intramolecular Hbond substituents is 3. The van der Waals surface area contributed by atoms with Crippen LogP contribution in [-0.2, 0) is 14.2 Å². The second-order valence-corrected chi connectivity index (χ2v) is 10.1. The molecule has 5 rings (SSSR count). The molecule has 15 nitrogen and oxygen atoms in total. The molecule has 2 aliphatic rings. The lowest BCUT2D eigenvalue weighted by Crippen LogP contribution is -2.61. The van der Waals surface area contributed by atoms with Crippen LogP contribution in [0, 0.1) is 0 Å². The number of aliphatic hydroxyl groups excluding tert-OH is 6. The normalized spacial score (nSPS) is 33.5. The molecular weight excluding hydrogens is 564 g/mol. The third-order valence-electron chi connectivity index (χ3n) is 7.18. The molecule has 0 saturated carbocycles. The number of hydrogen-bond donors (Lipinski definition) is 9. The number of fused-ring (bicyclic) bond motifs is 1. The number of rotatable bonds is 6. The fourth-order valence-corrected chi connectivity index (χ4v) is 4.77. The van der Waals surface area contributed by atoms with E-state index in [-0.39, 0.29) is 33.8 Å². The number of ether oxygens (including phenoxy) is 4. The predicted octanol–water partition coefficient (Wildman–Crippen LogP) is -1.39. The Bertz CT molecular complexity index is 1490. The molecule has 42 heavy (non-hydrogen) atoms. The Labute approximate surface area is 236 Å². The minimum atomic E-state index is -1.84. The zero-order valence-electron chi connectivity index (χ0n) is 21.9. The second-order valence-electron chi connectivity index (χ2n) is 10.1. The molecule has 1 aromatic heterocycles. The first-order valence-electron chi connectivity index (χ1n) is 12.9. The van der Waals surface area contributed by atoms with Crippen LogP contribution in [0.1, 0.15) is 6.92 Å². The maximum Gasteiger partial charge on any atom is 0.229 e. The number of aliphatic hydroxyl groups is 6. The Balaban J connectivity index is 1.39. The minimum absolute atomic E-state index is 0.0110. The van der Waals surface area contributed by atoms with Crippen molar-refractivity contribution in [2.24, 2.45) is 0 Å². The third kappa shape index (κ3) is 5.61. The number of aromatic hydroxyl groups is 3. The molecular formula is C27H30O15. The van der Waals surface area contributed by atoms with Gasteiger partial charge in [0.15, 0.2) is 23.2 Å². The third-order valence-corrected chi connectivity index (χ3v) is 7.18. The highest BCUT2D eigenvalue weighted by atomic mass is 16.7. The fourth-order valence-electron chi connectivity index (χ4n) is 4.77. The van der Waals surface area contributed by atoms with Gasteiger partial charge in [-0.15, -0.1) is 0 Å². The average Bonchev–Trinajstić information content (AvgIpc) is 2.94. The molecule has 228 valence electrons. The average molecular weight is 595 g/mol. The summed E-state index contributed by atoms with van der Waals surface area (Å²) in [6, 6.07) is 7.00. The lowest BCUT2D eigenvalue weighted by molar-refractivity contribution is -0.318. The van der Waals surface area contributed by atoms with Gasteiger partial charge in [-0.25, -0.2) is 0 Å². The maximum atomic E-state index is 13.1. The number of hydrogen-bond acceptors (Lipinski definition) is 15. The van der Waals surface area contributed by atoms with Crippen LogP contribution in [0.3, 0.4) is 0 Å². The largest absolute Gasteiger partial charge is 0.508 e. The summed E-state index contributed by atoms with van der Waals surface area (Å²) in [5.41, 5.74) is -0.563. The van der Waals surface area contributed by atoms with Crippen molar-refractivity contribution in [3.63, 3.8) is 0 Å². The van der Waals surface area contributed by atoms with Gasteiger partial charge in [-0.3, -0.25) is 4.79 Å². The molecule has 9 N–H and O–H groups in total. The van der Waals surface area contributed by atoms with E-state index in [4.69, 9.17) is 23.4 Å². The van der Waals surface area contributed by atoms with Crippen LogP contribution < -0.4 is 10.2 Å². The van der Waals surface area contributed by atoms with Crippen molar-refractivity contribution in [3.05, 3.63) is 46.6 Å². The van der Waals surface area contributed by atoms with Gasteiger partial charge in [0.1, 0.15) is 71.0 Å². The van der Waals surface area contributed by atoms with Gasteiger partial charge in [0.25, 0.3) is 0 Å². The highest BCUT2D eigenvalue weighted by molar-refractivity contribution is 5.86. The van der Waals surface area contributed by atoms with Gasteiger partial charge in [0.05, 0.1) is 12.7 Å². The van der Waals surface area contributed by atoms with E-state index in [9.17, 15) is 50.8 Å². The summed E-state index contributed by atoms with van der Waals surface area (Å²) in [6.07, 6.45) is -15.4. The van der Waals surface area contributed by atoms with Crippen molar-refractivity contribution in [3.8, 4) is 34.3 Å². The van der Waals surface area contributed by atoms with E-state index in [0.717, 1.165) is 18.2 Å². The quantitative estimate of drug-likeness (QED) is 0.149. The van der Waals surface area contributed by atoms with E-state index in [1.165, 1.54) is 25.1 Å². The van der Waals surface area contributed by atoms with E-state index in [1.54, 1.807) is 0 Å². The molecule has 2 saturated heterocycles. The zero-order chi connectivity index (χ0) is 30.5. The van der Waals surface area contributed by atoms with E-state index >= 15 is 0 Å². The van der Waals surface area contributed by atoms with Gasteiger partial charge in [-0.05, 0) is 25.1 Å². The van der Waals surface area contributed by atoms with Crippen molar-refractivity contribution < 1.29 is 69.3 Å². The molecule has 3 heterocycles. The SMILES string of the molecule is CC1OC(OCC2OC(Oc3cc(O)cc4oc(-c5ccc(O)c(O)c5)cc(=O)c34)C(O)C(O)C2O)C(O)C(O)C1O. The standard InChI is InChI=1S/C27H30O15/c1-9-20(32)22(34)24(36)26(39-9)38-8-18-21(33)23(35)25(37)27(42-18)41-17-6-11(28)5-16-19(17)14(31)7-15(40-16)10-2-3-12(29)13(30)4-10/h2-7,9,18,20-30,32-37H,8H2,1H3. The lowest BCUT2D eigenvalue weighted by Gasteiger charge is -2.42. The first-order chi connectivity index (χ1) is 19.8. The molecule has 2 fully saturated rings. The van der Waals surface area contributed by atoms with Crippen molar-refractivity contribution in [1.82, 2.24) is 0 Å². The van der Waals surface area contributed by atoms with Crippen LogP contribution >= 0.6 is 0 Å². The van der Waals surface area contributed by atoms with Crippen LogP contribution in [0.25, 0.3) is 22.3 Å². The first kappa shape index (κ1) is 30.0. The summed E-state index contributed by atoms with van der Waals surface area (Å²) in [7, 11) is 0. The molecule has 2 aliphatic heterocycles. The Kier molecular flexibility index (Phi) is 8.30. The summed E-state index contributed by atoms with van der Waals surface area (Å²) in [5, 5.41) is 91.0. The Hall–Kier alpha value is -3.51. The van der Waals surface area contributed by atoms with E-state index in [0.29, 0.717) is 0 Å². The van der Waals surface area contributed by atoms with Crippen LogP contribution in [0.5, 0.6) is 23.0 Å². The molecule has 0 spiro atoms. The van der Waals surface area contributed by atoms with Gasteiger partial charge in [-0.2, -0.15) is 0 Å². The highest BCUT2D eigenvalue weighted by Gasteiger charge is 2.47. The van der Waals surface area contributed by atoms with Crippen LogP contribution in [0.15, 0.2) is 45.6 Å². The molecule has 0 amide bonds. The van der Waals surface area contributed by atoms with Gasteiger partial charge >= 0.3 is 0 Å². The molecule has 2 aromatic carbocycles. The van der Waals surface area contributed by atoms with Gasteiger partial charge in [0.2, 0.25) is 6.29 Å². The molecule has 0 radical (unpaired) electrons. The smallest absolute Gasteiger partial charge is 0.229 e. The molecule has 0 bridgehead atoms. The van der Waals surface area contributed by atoms with Crippen molar-refractivity contribution in [2.45, 2.75) is 68.3 Å². The zero-order valence-corrected chi connectivity index (χ0v) is 21.9. The monoisotopic (exact) mass is 594 g/mol. The summed E-state index contributed by atoms with van der Waals surface area (Å²) in [6.45, 7) is 0.910. The first-order valence-corrected chi connectivity index (χ1v) is 12.9. The van der Waals surface area contributed by atoms with E-state index in [2.05, 4.69) is 0 Å². The minimum Gasteiger partial charge on any atom is -0.508 e. The van der Waals surface area contributed by atoms with Gasteiger partial charge in [-0.1, -0.05) is 0 Å². The van der Waals surface area contributed by atoms with E-state index < -0.39 is 84.9 Å². The summed E-state index contributed by atoms with van der Waals surface area (Å²) in [5.74, 6) is -1.56. The van der Waals surface area contributed by atoms with Crippen LogP contribution in [0.4, 0.5) is 0 Å². The van der Waals surface area contributed by atoms with E-state index in [1.807, 2.05) is 0 Å². The topological polar surface area (TPSA) is 249 Å². The number of phenols is 3. The van der Waals surface area contributed by atoms with Crippen LogP contribution in [-0.4, -0.2) is 114 Å². The summed E-state index contributed by atoms with van der Waals surface area (Å²) in [4.78, 5) is 13.1. The molecule has 0 aliphatic carbocycles. The van der Waals surface area contributed by atoms with Gasteiger partial charge < -0.3 is 69.3 Å². The molecule has 10 atom stereocenters. The maximum absolute atomic E-state index is 13.1. The van der Waals surface area contributed by atoms with Gasteiger partial charge in [0, 0.05) is 23.8 Å². The Morgan fingerprint density at radius 2 is 1.45 bits per heavy atom. The molecule has 10 unspecified atom stereocenters. The van der Waals surface area contributed by atoms with Crippen molar-refractivity contribution in [1.29, 1.82) is 0 Å². The molecule has 3 aromatic rings. The van der Waals surface area contributed by atoms with Crippen molar-refractivity contribution >= 4 is 11.0 Å². The second kappa shape index (κ2) is 11.6. The Morgan fingerprint density at radius 1 is 0.762 bits per heavy atom. The lowest BCUT2D eigenvalue weighted by atomic mass is 9.98. The predicted molar refractivity (Wildman–Crippen MR) is 139 cm³/mol. The summed E-state index contributed by atoms with van der Waals surface area (Å²) < 4.78 is 27.8. The summed E-state index contributed by atoms with van der Waals surface area (Å²) >= 11 is 0. The highest BCUT2D eigenvalue weighted by Crippen LogP contribution is 2.36. The Morgan fingerprint density at radius 3 is 2.17 bits per heavy atom. The van der Waals surface area contributed by atoms with Crippen LogP contribution in [0.2, 0.25) is 0 Å². The van der Waals surface area contributed by atoms with Crippen molar-refractivity contribution in [2.75, 3.05) is 6.61 Å². The number of benzene rings is 2. The fraction of sp³-hybridized carbons (Fsp3) is 0.444. The molecule has 15 heteroatoms.